The van der Waals surface area contributed by atoms with Crippen molar-refractivity contribution < 1.29 is 9.90 Å². The first-order valence-corrected chi connectivity index (χ1v) is 8.85. The molecule has 0 aliphatic heterocycles. The van der Waals surface area contributed by atoms with E-state index in [1.807, 2.05) is 32.1 Å². The Morgan fingerprint density at radius 3 is 2.46 bits per heavy atom. The molecule has 0 atom stereocenters. The Bertz CT molecular complexity index is 622. The molecule has 0 aromatic carbocycles. The Balaban J connectivity index is 2.88. The molecule has 0 heterocycles. The van der Waals surface area contributed by atoms with Gasteiger partial charge in [-0.2, -0.15) is 0 Å². The van der Waals surface area contributed by atoms with Gasteiger partial charge < -0.3 is 5.11 Å². The second-order valence-corrected chi connectivity index (χ2v) is 7.35. The molecule has 1 N–H and O–H groups in total. The van der Waals surface area contributed by atoms with Crippen LogP contribution in [0.3, 0.4) is 0 Å². The Kier molecular flexibility index (Phi) is 7.47. The van der Waals surface area contributed by atoms with Crippen LogP contribution in [0.5, 0.6) is 0 Å². The van der Waals surface area contributed by atoms with Gasteiger partial charge in [-0.3, -0.25) is 0 Å². The highest BCUT2D eigenvalue weighted by molar-refractivity contribution is 5.87. The molecule has 0 bridgehead atoms. The van der Waals surface area contributed by atoms with Crippen LogP contribution in [-0.4, -0.2) is 11.1 Å². The first-order valence-electron chi connectivity index (χ1n) is 8.85. The minimum atomic E-state index is -0.831. The summed E-state index contributed by atoms with van der Waals surface area (Å²) in [5, 5.41) is 9.13. The number of hydrogen-bond acceptors (Lipinski definition) is 1. The van der Waals surface area contributed by atoms with Crippen molar-refractivity contribution in [1.82, 2.24) is 0 Å². The van der Waals surface area contributed by atoms with Crippen molar-refractivity contribution in [3.8, 4) is 0 Å². The molecule has 1 aliphatic rings. The number of carboxylic acids is 1. The fourth-order valence-corrected chi connectivity index (χ4v) is 3.32. The normalized spacial score (nSPS) is 20.0. The molecule has 0 spiro atoms. The van der Waals surface area contributed by atoms with E-state index < -0.39 is 5.97 Å². The van der Waals surface area contributed by atoms with Gasteiger partial charge in [-0.15, -0.1) is 0 Å². The van der Waals surface area contributed by atoms with Crippen LogP contribution in [0.4, 0.5) is 0 Å². The number of allylic oxidation sites excluding steroid dienone is 9. The van der Waals surface area contributed by atoms with Crippen molar-refractivity contribution in [1.29, 1.82) is 0 Å². The lowest BCUT2D eigenvalue weighted by molar-refractivity contribution is -0.132. The zero-order valence-corrected chi connectivity index (χ0v) is 16.1. The number of carboxylic acid groups (broad SMARTS) is 1. The van der Waals surface area contributed by atoms with Gasteiger partial charge in [-0.25, -0.2) is 4.79 Å². The van der Waals surface area contributed by atoms with Crippen LogP contribution >= 0.6 is 0 Å². The van der Waals surface area contributed by atoms with Crippen LogP contribution in [0.1, 0.15) is 67.2 Å². The fourth-order valence-electron chi connectivity index (χ4n) is 3.32. The van der Waals surface area contributed by atoms with Gasteiger partial charge in [0, 0.05) is 5.57 Å². The molecule has 1 aliphatic carbocycles. The van der Waals surface area contributed by atoms with Crippen molar-refractivity contribution >= 4 is 5.97 Å². The monoisotopic (exact) mass is 328 g/mol. The van der Waals surface area contributed by atoms with Crippen molar-refractivity contribution in [2.75, 3.05) is 0 Å². The van der Waals surface area contributed by atoms with Crippen LogP contribution in [0.15, 0.2) is 58.2 Å². The minimum absolute atomic E-state index is 0.256. The molecule has 1 rings (SSSR count). The molecule has 0 aromatic heterocycles. The minimum Gasteiger partial charge on any atom is -0.478 e. The van der Waals surface area contributed by atoms with Gasteiger partial charge in [0.25, 0.3) is 0 Å². The van der Waals surface area contributed by atoms with Gasteiger partial charge in [-0.1, -0.05) is 62.3 Å². The van der Waals surface area contributed by atoms with E-state index in [0.717, 1.165) is 11.1 Å². The summed E-state index contributed by atoms with van der Waals surface area (Å²) in [6.07, 6.45) is 14.5. The van der Waals surface area contributed by atoms with Crippen LogP contribution in [0.25, 0.3) is 0 Å². The standard InChI is InChI=1S/C22H32O2/c1-7-19(21(23)24)17(3)11-8-10-16(2)13-14-20-18(4)12-9-15-22(20,5)6/h8,10-11,13-14H,7,9,12,15H2,1-6H3,(H,23,24)/b11-8+,14-13+,16-10+,19-17-. The van der Waals surface area contributed by atoms with E-state index in [1.165, 1.54) is 30.4 Å². The van der Waals surface area contributed by atoms with Crippen LogP contribution in [0.2, 0.25) is 0 Å². The average Bonchev–Trinajstić information content (AvgIpc) is 2.46. The second kappa shape index (κ2) is 8.86. The maximum atomic E-state index is 11.1. The lowest BCUT2D eigenvalue weighted by atomic mass is 9.72. The molecular formula is C22H32O2. The maximum absolute atomic E-state index is 11.1. The van der Waals surface area contributed by atoms with Crippen molar-refractivity contribution in [2.24, 2.45) is 5.41 Å². The Morgan fingerprint density at radius 1 is 1.25 bits per heavy atom. The molecule has 0 unspecified atom stereocenters. The zero-order chi connectivity index (χ0) is 18.3. The van der Waals surface area contributed by atoms with E-state index in [0.29, 0.717) is 12.0 Å². The topological polar surface area (TPSA) is 37.3 Å². The van der Waals surface area contributed by atoms with E-state index in [1.54, 1.807) is 0 Å². The third-order valence-electron chi connectivity index (χ3n) is 4.85. The average molecular weight is 328 g/mol. The van der Waals surface area contributed by atoms with E-state index in [4.69, 9.17) is 5.11 Å². The number of carbonyl (C=O) groups is 1. The highest BCUT2D eigenvalue weighted by atomic mass is 16.4. The Labute approximate surface area is 147 Å². The van der Waals surface area contributed by atoms with Gasteiger partial charge in [0.15, 0.2) is 0 Å². The molecule has 2 nitrogen and oxygen atoms in total. The summed E-state index contributed by atoms with van der Waals surface area (Å²) in [7, 11) is 0. The molecule has 2 heteroatoms. The zero-order valence-electron chi connectivity index (χ0n) is 16.1. The third-order valence-corrected chi connectivity index (χ3v) is 4.85. The van der Waals surface area contributed by atoms with Crippen molar-refractivity contribution in [3.05, 3.63) is 58.2 Å². The number of rotatable bonds is 6. The van der Waals surface area contributed by atoms with E-state index in [9.17, 15) is 4.79 Å². The second-order valence-electron chi connectivity index (χ2n) is 7.35. The third kappa shape index (κ3) is 5.67. The fraction of sp³-hybridized carbons (Fsp3) is 0.500. The van der Waals surface area contributed by atoms with Gasteiger partial charge in [0.1, 0.15) is 0 Å². The van der Waals surface area contributed by atoms with Crippen molar-refractivity contribution in [2.45, 2.75) is 67.2 Å². The predicted molar refractivity (Wildman–Crippen MR) is 103 cm³/mol. The molecule has 0 amide bonds. The summed E-state index contributed by atoms with van der Waals surface area (Å²) >= 11 is 0. The Morgan fingerprint density at radius 2 is 1.92 bits per heavy atom. The van der Waals surface area contributed by atoms with Crippen molar-refractivity contribution in [3.63, 3.8) is 0 Å². The summed E-state index contributed by atoms with van der Waals surface area (Å²) in [6.45, 7) is 12.7. The molecule has 0 fully saturated rings. The lowest BCUT2D eigenvalue weighted by Crippen LogP contribution is -2.19. The quantitative estimate of drug-likeness (QED) is 0.453. The van der Waals surface area contributed by atoms with E-state index >= 15 is 0 Å². The first kappa shape index (κ1) is 20.2. The molecule has 0 radical (unpaired) electrons. The predicted octanol–water partition coefficient (Wildman–Crippen LogP) is 6.38. The highest BCUT2D eigenvalue weighted by Gasteiger charge is 2.26. The lowest BCUT2D eigenvalue weighted by Gasteiger charge is -2.32. The summed E-state index contributed by atoms with van der Waals surface area (Å²) in [5.74, 6) is -0.831. The summed E-state index contributed by atoms with van der Waals surface area (Å²) < 4.78 is 0. The van der Waals surface area contributed by atoms with Gasteiger partial charge in [0.2, 0.25) is 0 Å². The Hall–Kier alpha value is -1.83. The summed E-state index contributed by atoms with van der Waals surface area (Å²) in [5.41, 5.74) is 5.65. The van der Waals surface area contributed by atoms with Gasteiger partial charge >= 0.3 is 5.97 Å². The smallest absolute Gasteiger partial charge is 0.331 e. The summed E-state index contributed by atoms with van der Waals surface area (Å²) in [6, 6.07) is 0. The largest absolute Gasteiger partial charge is 0.478 e. The summed E-state index contributed by atoms with van der Waals surface area (Å²) in [4.78, 5) is 11.1. The number of hydrogen-bond donors (Lipinski definition) is 1. The van der Waals surface area contributed by atoms with Gasteiger partial charge in [0.05, 0.1) is 0 Å². The first-order chi connectivity index (χ1) is 11.2. The van der Waals surface area contributed by atoms with Gasteiger partial charge in [-0.05, 0) is 63.0 Å². The molecular weight excluding hydrogens is 296 g/mol. The maximum Gasteiger partial charge on any atom is 0.331 e. The highest BCUT2D eigenvalue weighted by Crippen LogP contribution is 2.40. The van der Waals surface area contributed by atoms with E-state index in [2.05, 4.69) is 39.8 Å². The molecule has 24 heavy (non-hydrogen) atoms. The number of aliphatic carboxylic acids is 1. The van der Waals surface area contributed by atoms with Crippen LogP contribution < -0.4 is 0 Å². The molecule has 0 aromatic rings. The molecule has 132 valence electrons. The van der Waals surface area contributed by atoms with Crippen LogP contribution in [0, 0.1) is 5.41 Å². The van der Waals surface area contributed by atoms with Crippen LogP contribution in [-0.2, 0) is 4.79 Å². The molecule has 0 saturated heterocycles. The SMILES string of the molecule is CC/C(C(=O)O)=C(C)/C=C/C=C(C)/C=C/C1=C(C)CCCC1(C)C. The van der Waals surface area contributed by atoms with E-state index in [-0.39, 0.29) is 5.41 Å². The molecule has 0 saturated carbocycles.